The lowest BCUT2D eigenvalue weighted by Gasteiger charge is -1.97. The highest BCUT2D eigenvalue weighted by atomic mass is 79.9. The van der Waals surface area contributed by atoms with Crippen LogP contribution in [0.2, 0.25) is 0 Å². The Labute approximate surface area is 105 Å². The number of rotatable bonds is 2. The molecule has 0 radical (unpaired) electrons. The molecule has 0 saturated heterocycles. The van der Waals surface area contributed by atoms with Gasteiger partial charge >= 0.3 is 5.97 Å². The van der Waals surface area contributed by atoms with Crippen molar-refractivity contribution >= 4 is 49.0 Å². The lowest BCUT2D eigenvalue weighted by Crippen LogP contribution is -2.01. The smallest absolute Gasteiger partial charge is 0.348 e. The van der Waals surface area contributed by atoms with Gasteiger partial charge in [0.25, 0.3) is 0 Å². The fourth-order valence-electron chi connectivity index (χ4n) is 1.40. The number of halogens is 1. The first kappa shape index (κ1) is 11.4. The van der Waals surface area contributed by atoms with Crippen molar-refractivity contribution in [3.8, 4) is 0 Å². The molecule has 2 N–H and O–H groups in total. The van der Waals surface area contributed by atoms with Crippen molar-refractivity contribution in [2.75, 3.05) is 12.3 Å². The van der Waals surface area contributed by atoms with E-state index in [-0.39, 0.29) is 5.97 Å². The van der Waals surface area contributed by atoms with Crippen LogP contribution in [0.1, 0.15) is 16.6 Å². The average molecular weight is 300 g/mol. The molecule has 0 atom stereocenters. The van der Waals surface area contributed by atoms with E-state index in [4.69, 9.17) is 10.5 Å². The molecule has 1 aromatic heterocycles. The van der Waals surface area contributed by atoms with Crippen LogP contribution in [0.4, 0.5) is 5.69 Å². The number of nitrogen functional groups attached to an aromatic ring is 1. The van der Waals surface area contributed by atoms with Gasteiger partial charge in [0.2, 0.25) is 0 Å². The summed E-state index contributed by atoms with van der Waals surface area (Å²) in [6.45, 7) is 2.18. The standard InChI is InChI=1S/C11H10BrNO2S/c1-2-15-11(14)9-5-6-8(16-9)4-3-7(13)10(6)12/h3-5H,2,13H2,1H3. The zero-order chi connectivity index (χ0) is 11.7. The summed E-state index contributed by atoms with van der Waals surface area (Å²) >= 11 is 4.82. The van der Waals surface area contributed by atoms with Crippen molar-refractivity contribution < 1.29 is 9.53 Å². The second-order valence-electron chi connectivity index (χ2n) is 3.21. The zero-order valence-electron chi connectivity index (χ0n) is 8.62. The van der Waals surface area contributed by atoms with Gasteiger partial charge in [-0.05, 0) is 41.1 Å². The van der Waals surface area contributed by atoms with E-state index in [1.807, 2.05) is 12.1 Å². The third-order valence-electron chi connectivity index (χ3n) is 2.14. The molecule has 0 amide bonds. The monoisotopic (exact) mass is 299 g/mol. The van der Waals surface area contributed by atoms with E-state index in [1.54, 1.807) is 13.0 Å². The summed E-state index contributed by atoms with van der Waals surface area (Å²) < 4.78 is 6.80. The molecule has 0 aliphatic carbocycles. The highest BCUT2D eigenvalue weighted by Gasteiger charge is 2.13. The van der Waals surface area contributed by atoms with Gasteiger partial charge in [-0.2, -0.15) is 0 Å². The highest BCUT2D eigenvalue weighted by molar-refractivity contribution is 9.10. The fourth-order valence-corrected chi connectivity index (χ4v) is 2.95. The van der Waals surface area contributed by atoms with Crippen molar-refractivity contribution in [3.05, 3.63) is 27.5 Å². The molecule has 2 rings (SSSR count). The minimum absolute atomic E-state index is 0.283. The topological polar surface area (TPSA) is 52.3 Å². The molecule has 5 heteroatoms. The molecular weight excluding hydrogens is 290 g/mol. The molecule has 1 heterocycles. The Balaban J connectivity index is 2.52. The molecule has 0 unspecified atom stereocenters. The van der Waals surface area contributed by atoms with E-state index in [1.165, 1.54) is 11.3 Å². The number of carbonyl (C=O) groups excluding carboxylic acids is 1. The molecule has 84 valence electrons. The molecule has 0 bridgehead atoms. The number of hydrogen-bond donors (Lipinski definition) is 1. The van der Waals surface area contributed by atoms with Gasteiger partial charge in [-0.3, -0.25) is 0 Å². The molecule has 0 spiro atoms. The lowest BCUT2D eigenvalue weighted by molar-refractivity contribution is 0.0532. The molecule has 0 saturated carbocycles. The van der Waals surface area contributed by atoms with E-state index in [9.17, 15) is 4.79 Å². The van der Waals surface area contributed by atoms with Gasteiger partial charge in [-0.1, -0.05) is 0 Å². The zero-order valence-corrected chi connectivity index (χ0v) is 11.0. The quantitative estimate of drug-likeness (QED) is 0.683. The van der Waals surface area contributed by atoms with Crippen molar-refractivity contribution in [2.45, 2.75) is 6.92 Å². The van der Waals surface area contributed by atoms with E-state index in [0.717, 1.165) is 14.6 Å². The van der Waals surface area contributed by atoms with Crippen LogP contribution in [0, 0.1) is 0 Å². The number of ether oxygens (including phenoxy) is 1. The summed E-state index contributed by atoms with van der Waals surface area (Å²) in [5.74, 6) is -0.283. The third-order valence-corrected chi connectivity index (χ3v) is 4.11. The Bertz CT molecular complexity index is 550. The van der Waals surface area contributed by atoms with Gasteiger partial charge < -0.3 is 10.5 Å². The molecule has 3 nitrogen and oxygen atoms in total. The van der Waals surface area contributed by atoms with Gasteiger partial charge in [0.05, 0.1) is 6.61 Å². The van der Waals surface area contributed by atoms with Crippen molar-refractivity contribution in [3.63, 3.8) is 0 Å². The Morgan fingerprint density at radius 1 is 1.56 bits per heavy atom. The highest BCUT2D eigenvalue weighted by Crippen LogP contribution is 2.35. The van der Waals surface area contributed by atoms with Gasteiger partial charge in [-0.25, -0.2) is 4.79 Å². The molecular formula is C11H10BrNO2S. The molecule has 16 heavy (non-hydrogen) atoms. The average Bonchev–Trinajstić information content (AvgIpc) is 2.69. The van der Waals surface area contributed by atoms with E-state index in [2.05, 4.69) is 15.9 Å². The first-order valence-electron chi connectivity index (χ1n) is 4.78. The summed E-state index contributed by atoms with van der Waals surface area (Å²) in [6, 6.07) is 5.53. The van der Waals surface area contributed by atoms with Crippen LogP contribution in [-0.4, -0.2) is 12.6 Å². The minimum Gasteiger partial charge on any atom is -0.462 e. The van der Waals surface area contributed by atoms with Gasteiger partial charge in [-0.15, -0.1) is 11.3 Å². The Kier molecular flexibility index (Phi) is 3.16. The summed E-state index contributed by atoms with van der Waals surface area (Å²) in [4.78, 5) is 12.2. The largest absolute Gasteiger partial charge is 0.462 e. The second kappa shape index (κ2) is 4.43. The first-order valence-corrected chi connectivity index (χ1v) is 6.39. The Morgan fingerprint density at radius 3 is 3.00 bits per heavy atom. The van der Waals surface area contributed by atoms with Crippen molar-refractivity contribution in [1.82, 2.24) is 0 Å². The summed E-state index contributed by atoms with van der Waals surface area (Å²) in [7, 11) is 0. The van der Waals surface area contributed by atoms with Gasteiger partial charge in [0, 0.05) is 20.2 Å². The maximum Gasteiger partial charge on any atom is 0.348 e. The number of carbonyl (C=O) groups is 1. The normalized spacial score (nSPS) is 10.6. The van der Waals surface area contributed by atoms with E-state index < -0.39 is 0 Å². The predicted octanol–water partition coefficient (Wildman–Crippen LogP) is 3.42. The van der Waals surface area contributed by atoms with E-state index >= 15 is 0 Å². The Morgan fingerprint density at radius 2 is 2.31 bits per heavy atom. The molecule has 0 aliphatic rings. The lowest BCUT2D eigenvalue weighted by atomic mass is 10.2. The van der Waals surface area contributed by atoms with Gasteiger partial charge in [0.1, 0.15) is 4.88 Å². The van der Waals surface area contributed by atoms with Crippen LogP contribution in [0.15, 0.2) is 22.7 Å². The maximum absolute atomic E-state index is 11.6. The van der Waals surface area contributed by atoms with Crippen molar-refractivity contribution in [1.29, 1.82) is 0 Å². The number of thiophene rings is 1. The van der Waals surface area contributed by atoms with Gasteiger partial charge in [0.15, 0.2) is 0 Å². The number of nitrogens with two attached hydrogens (primary N) is 1. The number of esters is 1. The van der Waals surface area contributed by atoms with Crippen LogP contribution >= 0.6 is 27.3 Å². The SMILES string of the molecule is CCOC(=O)c1cc2c(Br)c(N)ccc2s1. The molecule has 2 aromatic rings. The van der Waals surface area contributed by atoms with Crippen LogP contribution in [0.25, 0.3) is 10.1 Å². The van der Waals surface area contributed by atoms with Crippen LogP contribution < -0.4 is 5.73 Å². The second-order valence-corrected chi connectivity index (χ2v) is 5.09. The summed E-state index contributed by atoms with van der Waals surface area (Å²) in [6.07, 6.45) is 0. The third kappa shape index (κ3) is 1.92. The predicted molar refractivity (Wildman–Crippen MR) is 69.9 cm³/mol. The molecule has 0 aliphatic heterocycles. The number of anilines is 1. The van der Waals surface area contributed by atoms with Crippen LogP contribution in [0.5, 0.6) is 0 Å². The van der Waals surface area contributed by atoms with Crippen LogP contribution in [-0.2, 0) is 4.74 Å². The minimum atomic E-state index is -0.283. The maximum atomic E-state index is 11.6. The van der Waals surface area contributed by atoms with Crippen LogP contribution in [0.3, 0.4) is 0 Å². The Hall–Kier alpha value is -1.07. The first-order chi connectivity index (χ1) is 7.63. The number of benzene rings is 1. The molecule has 1 aromatic carbocycles. The van der Waals surface area contributed by atoms with E-state index in [0.29, 0.717) is 17.2 Å². The fraction of sp³-hybridized carbons (Fsp3) is 0.182. The summed E-state index contributed by atoms with van der Waals surface area (Å²) in [5, 5.41) is 0.952. The summed E-state index contributed by atoms with van der Waals surface area (Å²) in [5.41, 5.74) is 6.44. The number of hydrogen-bond acceptors (Lipinski definition) is 4. The van der Waals surface area contributed by atoms with Crippen molar-refractivity contribution in [2.24, 2.45) is 0 Å². The number of fused-ring (bicyclic) bond motifs is 1. The molecule has 0 fully saturated rings.